The summed E-state index contributed by atoms with van der Waals surface area (Å²) >= 11 is 0. The zero-order valence-electron chi connectivity index (χ0n) is 21.3. The molecule has 1 aromatic carbocycles. The molecule has 0 unspecified atom stereocenters. The third-order valence-electron chi connectivity index (χ3n) is 10.7. The van der Waals surface area contributed by atoms with Crippen LogP contribution in [0.1, 0.15) is 64.6 Å². The molecule has 36 heavy (non-hydrogen) atoms. The smallest absolute Gasteiger partial charge is 0.303 e. The van der Waals surface area contributed by atoms with Crippen LogP contribution < -0.4 is 0 Å². The number of aliphatic hydroxyl groups is 1. The summed E-state index contributed by atoms with van der Waals surface area (Å²) in [6.07, 6.45) is 4.17. The van der Waals surface area contributed by atoms with E-state index in [1.54, 1.807) is 13.0 Å². The molecule has 0 amide bonds. The standard InChI is InChI=1S/C29H33NO6/c1-16(31)35-25(2)15-34-29-12-11-26(3)27(4)17(13-19-18-7-5-6-8-20(18)30-23(19)27)9-10-28(26,33)22(29)14-21(32)24(25)36-29/h5-8,14,17,24,30,33H,9-13,15H2,1-4H3/t17-,24-,25-,26+,27+,28+,29-/m1/s1. The van der Waals surface area contributed by atoms with Crippen molar-refractivity contribution in [3.05, 3.63) is 47.2 Å². The van der Waals surface area contributed by atoms with Gasteiger partial charge in [-0.05, 0) is 56.2 Å². The molecule has 7 nitrogen and oxygen atoms in total. The molecule has 0 radical (unpaired) electrons. The molecule has 5 aliphatic rings. The van der Waals surface area contributed by atoms with Crippen molar-refractivity contribution < 1.29 is 28.9 Å². The number of nitrogens with one attached hydrogen (secondary N) is 1. The van der Waals surface area contributed by atoms with Crippen LogP contribution in [0.4, 0.5) is 0 Å². The predicted octanol–water partition coefficient (Wildman–Crippen LogP) is 3.87. The highest BCUT2D eigenvalue weighted by Crippen LogP contribution is 2.71. The molecule has 2 saturated carbocycles. The van der Waals surface area contributed by atoms with Crippen molar-refractivity contribution in [3.63, 3.8) is 0 Å². The second kappa shape index (κ2) is 6.69. The first kappa shape index (κ1) is 22.7. The Bertz CT molecular complexity index is 1380. The molecule has 2 aliphatic heterocycles. The van der Waals surface area contributed by atoms with Crippen LogP contribution in [0.2, 0.25) is 0 Å². The number of benzene rings is 1. The second-order valence-electron chi connectivity index (χ2n) is 12.3. The van der Waals surface area contributed by atoms with Gasteiger partial charge in [0.2, 0.25) is 0 Å². The molecule has 7 heteroatoms. The summed E-state index contributed by atoms with van der Waals surface area (Å²) in [4.78, 5) is 28.9. The molecule has 7 atom stereocenters. The minimum atomic E-state index is -1.27. The van der Waals surface area contributed by atoms with Gasteiger partial charge in [-0.1, -0.05) is 32.0 Å². The number of rotatable bonds is 1. The first-order chi connectivity index (χ1) is 17.0. The zero-order valence-corrected chi connectivity index (χ0v) is 21.3. The Morgan fingerprint density at radius 2 is 1.94 bits per heavy atom. The van der Waals surface area contributed by atoms with E-state index >= 15 is 0 Å². The Kier molecular flexibility index (Phi) is 4.21. The summed E-state index contributed by atoms with van der Waals surface area (Å²) in [7, 11) is 0. The maximum atomic E-state index is 13.4. The highest BCUT2D eigenvalue weighted by Gasteiger charge is 2.74. The Morgan fingerprint density at radius 3 is 2.72 bits per heavy atom. The van der Waals surface area contributed by atoms with Gasteiger partial charge in [-0.3, -0.25) is 9.59 Å². The minimum absolute atomic E-state index is 0.0409. The van der Waals surface area contributed by atoms with Gasteiger partial charge >= 0.3 is 5.97 Å². The molecule has 3 heterocycles. The number of ketones is 1. The van der Waals surface area contributed by atoms with Crippen molar-refractivity contribution in [1.29, 1.82) is 0 Å². The van der Waals surface area contributed by atoms with Gasteiger partial charge in [0.25, 0.3) is 0 Å². The topological polar surface area (TPSA) is 97.9 Å². The maximum Gasteiger partial charge on any atom is 0.303 e. The highest BCUT2D eigenvalue weighted by molar-refractivity contribution is 5.97. The van der Waals surface area contributed by atoms with E-state index in [1.165, 1.54) is 23.6 Å². The molecular formula is C29H33NO6. The van der Waals surface area contributed by atoms with Crippen molar-refractivity contribution >= 4 is 22.7 Å². The van der Waals surface area contributed by atoms with Crippen LogP contribution in [0.15, 0.2) is 35.9 Å². The summed E-state index contributed by atoms with van der Waals surface area (Å²) in [6.45, 7) is 7.52. The van der Waals surface area contributed by atoms with E-state index in [0.717, 1.165) is 18.4 Å². The first-order valence-corrected chi connectivity index (χ1v) is 13.1. The molecule has 3 fully saturated rings. The van der Waals surface area contributed by atoms with E-state index in [0.29, 0.717) is 30.8 Å². The van der Waals surface area contributed by atoms with E-state index in [-0.39, 0.29) is 17.8 Å². The zero-order chi connectivity index (χ0) is 25.3. The molecule has 2 N–H and O–H groups in total. The van der Waals surface area contributed by atoms with Crippen LogP contribution in [0.5, 0.6) is 0 Å². The van der Waals surface area contributed by atoms with Crippen molar-refractivity contribution in [2.45, 2.75) is 88.3 Å². The largest absolute Gasteiger partial charge is 0.454 e. The van der Waals surface area contributed by atoms with Crippen LogP contribution in [-0.4, -0.2) is 51.5 Å². The van der Waals surface area contributed by atoms with Gasteiger partial charge in [0, 0.05) is 46.3 Å². The summed E-state index contributed by atoms with van der Waals surface area (Å²) in [6, 6.07) is 8.43. The molecule has 1 aromatic heterocycles. The quantitative estimate of drug-likeness (QED) is 0.588. The monoisotopic (exact) mass is 491 g/mol. The Balaban J connectivity index is 1.36. The molecule has 3 aliphatic carbocycles. The van der Waals surface area contributed by atoms with Crippen LogP contribution in [-0.2, 0) is 35.6 Å². The third-order valence-corrected chi connectivity index (χ3v) is 10.7. The van der Waals surface area contributed by atoms with E-state index in [2.05, 4.69) is 37.0 Å². The summed E-state index contributed by atoms with van der Waals surface area (Å²) < 4.78 is 18.2. The second-order valence-corrected chi connectivity index (χ2v) is 12.3. The minimum Gasteiger partial charge on any atom is -0.454 e. The Hall–Kier alpha value is -2.48. The summed E-state index contributed by atoms with van der Waals surface area (Å²) in [5.41, 5.74) is 0.933. The fraction of sp³-hybridized carbons (Fsp3) is 0.586. The summed E-state index contributed by atoms with van der Waals surface area (Å²) in [5.74, 6) is -1.55. The lowest BCUT2D eigenvalue weighted by molar-refractivity contribution is -0.350. The fourth-order valence-electron chi connectivity index (χ4n) is 8.65. The van der Waals surface area contributed by atoms with Crippen molar-refractivity contribution in [3.8, 4) is 0 Å². The number of aromatic nitrogens is 1. The number of para-hydroxylation sites is 1. The molecule has 2 aromatic rings. The average molecular weight is 492 g/mol. The number of esters is 1. The first-order valence-electron chi connectivity index (χ1n) is 13.1. The van der Waals surface area contributed by atoms with E-state index in [9.17, 15) is 14.7 Å². The number of aromatic amines is 1. The number of carbonyl (C=O) groups excluding carboxylic acids is 2. The molecular weight excluding hydrogens is 458 g/mol. The molecule has 1 spiro atoms. The van der Waals surface area contributed by atoms with Crippen LogP contribution in [0, 0.1) is 11.3 Å². The van der Waals surface area contributed by atoms with Gasteiger partial charge in [-0.15, -0.1) is 0 Å². The van der Waals surface area contributed by atoms with Gasteiger partial charge < -0.3 is 24.3 Å². The fourth-order valence-corrected chi connectivity index (χ4v) is 8.65. The Morgan fingerprint density at radius 1 is 1.17 bits per heavy atom. The predicted molar refractivity (Wildman–Crippen MR) is 131 cm³/mol. The SMILES string of the molecule is CC(=O)O[C@]1(C)CO[C@@]23CC[C@]4(C)[C@](O)(CC[C@@H]5Cc6c([nH]c7ccccc67)[C@]54C)C2=CC(=O)[C@H]1O3. The van der Waals surface area contributed by atoms with Crippen LogP contribution >= 0.6 is 0 Å². The average Bonchev–Trinajstić information content (AvgIpc) is 3.34. The van der Waals surface area contributed by atoms with Gasteiger partial charge in [-0.2, -0.15) is 0 Å². The summed E-state index contributed by atoms with van der Waals surface area (Å²) in [5, 5.41) is 13.9. The number of ether oxygens (including phenoxy) is 3. The van der Waals surface area contributed by atoms with Crippen LogP contribution in [0.3, 0.4) is 0 Å². The van der Waals surface area contributed by atoms with Crippen LogP contribution in [0.25, 0.3) is 10.9 Å². The van der Waals surface area contributed by atoms with E-state index in [4.69, 9.17) is 14.2 Å². The normalized spacial score (nSPS) is 44.8. The lowest BCUT2D eigenvalue weighted by Crippen LogP contribution is -2.74. The van der Waals surface area contributed by atoms with Crippen molar-refractivity contribution in [2.24, 2.45) is 11.3 Å². The number of carbonyl (C=O) groups is 2. The van der Waals surface area contributed by atoms with Gasteiger partial charge in [0.15, 0.2) is 23.3 Å². The number of fused-ring (bicyclic) bond motifs is 9. The van der Waals surface area contributed by atoms with E-state index < -0.39 is 34.5 Å². The van der Waals surface area contributed by atoms with Gasteiger partial charge in [0.1, 0.15) is 0 Å². The van der Waals surface area contributed by atoms with Crippen molar-refractivity contribution in [2.75, 3.05) is 6.61 Å². The molecule has 2 bridgehead atoms. The lowest BCUT2D eigenvalue weighted by Gasteiger charge is -2.67. The van der Waals surface area contributed by atoms with Gasteiger partial charge in [-0.25, -0.2) is 0 Å². The van der Waals surface area contributed by atoms with Crippen molar-refractivity contribution in [1.82, 2.24) is 4.98 Å². The Labute approximate surface area is 210 Å². The number of hydrogen-bond acceptors (Lipinski definition) is 6. The lowest BCUT2D eigenvalue weighted by atomic mass is 9.42. The highest BCUT2D eigenvalue weighted by atomic mass is 16.7. The third kappa shape index (κ3) is 2.40. The molecule has 7 rings (SSSR count). The number of hydrogen-bond donors (Lipinski definition) is 2. The molecule has 190 valence electrons. The van der Waals surface area contributed by atoms with Gasteiger partial charge in [0.05, 0.1) is 12.2 Å². The molecule has 1 saturated heterocycles. The number of H-pyrrole nitrogens is 1. The maximum absolute atomic E-state index is 13.4. The van der Waals surface area contributed by atoms with E-state index in [1.807, 2.05) is 6.07 Å².